The van der Waals surface area contributed by atoms with Gasteiger partial charge < -0.3 is 5.32 Å². The molecule has 1 unspecified atom stereocenters. The summed E-state index contributed by atoms with van der Waals surface area (Å²) in [5.41, 5.74) is 0.335. The lowest BCUT2D eigenvalue weighted by Crippen LogP contribution is -2.38. The van der Waals surface area contributed by atoms with Crippen molar-refractivity contribution in [1.82, 2.24) is 5.32 Å². The average molecular weight is 173 g/mol. The molecule has 0 aromatic carbocycles. The molecule has 0 saturated carbocycles. The first-order chi connectivity index (χ1) is 5.14. The Hall–Kier alpha value is 0.310. The molecule has 1 fully saturated rings. The van der Waals surface area contributed by atoms with Crippen molar-refractivity contribution in [2.75, 3.05) is 12.8 Å². The summed E-state index contributed by atoms with van der Waals surface area (Å²) in [6.07, 6.45) is 4.17. The van der Waals surface area contributed by atoms with Gasteiger partial charge in [0.1, 0.15) is 0 Å². The third-order valence-corrected chi connectivity index (χ3v) is 3.84. The molecule has 0 aliphatic carbocycles. The average Bonchev–Trinajstić information content (AvgIpc) is 2.39. The fourth-order valence-corrected chi connectivity index (χ4v) is 3.01. The van der Waals surface area contributed by atoms with Crippen LogP contribution >= 0.6 is 11.8 Å². The first-order valence-corrected chi connectivity index (χ1v) is 5.49. The zero-order chi connectivity index (χ0) is 8.32. The van der Waals surface area contributed by atoms with E-state index in [1.165, 1.54) is 25.0 Å². The highest BCUT2D eigenvalue weighted by Crippen LogP contribution is 2.31. The van der Waals surface area contributed by atoms with Gasteiger partial charge in [0.2, 0.25) is 0 Å². The van der Waals surface area contributed by atoms with Crippen LogP contribution < -0.4 is 5.32 Å². The van der Waals surface area contributed by atoms with Crippen molar-refractivity contribution in [2.24, 2.45) is 0 Å². The van der Waals surface area contributed by atoms with Crippen molar-refractivity contribution in [3.05, 3.63) is 0 Å². The normalized spacial score (nSPS) is 25.9. The van der Waals surface area contributed by atoms with Crippen LogP contribution in [-0.2, 0) is 0 Å². The highest BCUT2D eigenvalue weighted by atomic mass is 32.2. The number of hydrogen-bond donors (Lipinski definition) is 1. The molecule has 1 atom stereocenters. The molecular weight excluding hydrogens is 154 g/mol. The molecule has 1 N–H and O–H groups in total. The van der Waals surface area contributed by atoms with Crippen LogP contribution in [0.5, 0.6) is 0 Å². The minimum atomic E-state index is 0.335. The molecule has 0 aromatic heterocycles. The molecule has 1 rings (SSSR count). The standard InChI is InChI=1S/C9H19NS/c1-9(2,10-3)7-8-5-4-6-11-8/h8,10H,4-7H2,1-3H3. The second-order valence-corrected chi connectivity index (χ2v) is 5.38. The van der Waals surface area contributed by atoms with Crippen LogP contribution in [0.15, 0.2) is 0 Å². The summed E-state index contributed by atoms with van der Waals surface area (Å²) >= 11 is 2.14. The van der Waals surface area contributed by atoms with Crippen LogP contribution in [0.4, 0.5) is 0 Å². The summed E-state index contributed by atoms with van der Waals surface area (Å²) in [5, 5.41) is 4.27. The predicted octanol–water partition coefficient (Wildman–Crippen LogP) is 2.27. The van der Waals surface area contributed by atoms with E-state index < -0.39 is 0 Å². The summed E-state index contributed by atoms with van der Waals surface area (Å²) in [6, 6.07) is 0. The second-order valence-electron chi connectivity index (χ2n) is 3.97. The number of rotatable bonds is 3. The Bertz CT molecular complexity index is 117. The Kier molecular flexibility index (Phi) is 3.26. The maximum Gasteiger partial charge on any atom is 0.0132 e. The summed E-state index contributed by atoms with van der Waals surface area (Å²) < 4.78 is 0. The Morgan fingerprint density at radius 3 is 2.73 bits per heavy atom. The molecule has 0 amide bonds. The van der Waals surface area contributed by atoms with Crippen molar-refractivity contribution in [3.8, 4) is 0 Å². The number of nitrogens with one attached hydrogen (secondary N) is 1. The number of hydrogen-bond acceptors (Lipinski definition) is 2. The molecule has 0 radical (unpaired) electrons. The molecule has 1 heterocycles. The first kappa shape index (κ1) is 9.40. The van der Waals surface area contributed by atoms with E-state index in [4.69, 9.17) is 0 Å². The quantitative estimate of drug-likeness (QED) is 0.702. The Labute approximate surface area is 74.3 Å². The van der Waals surface area contributed by atoms with E-state index in [0.29, 0.717) is 5.54 Å². The largest absolute Gasteiger partial charge is 0.315 e. The van der Waals surface area contributed by atoms with Crippen molar-refractivity contribution in [3.63, 3.8) is 0 Å². The van der Waals surface area contributed by atoms with Gasteiger partial charge in [0, 0.05) is 10.8 Å². The predicted molar refractivity (Wildman–Crippen MR) is 53.2 cm³/mol. The van der Waals surface area contributed by atoms with E-state index in [1.54, 1.807) is 0 Å². The van der Waals surface area contributed by atoms with Gasteiger partial charge in [0.15, 0.2) is 0 Å². The Balaban J connectivity index is 2.28. The third-order valence-electron chi connectivity index (χ3n) is 2.44. The summed E-state index contributed by atoms with van der Waals surface area (Å²) in [5.74, 6) is 1.38. The van der Waals surface area contributed by atoms with E-state index in [2.05, 4.69) is 38.0 Å². The van der Waals surface area contributed by atoms with Gasteiger partial charge in [-0.3, -0.25) is 0 Å². The van der Waals surface area contributed by atoms with Gasteiger partial charge in [0.25, 0.3) is 0 Å². The second kappa shape index (κ2) is 3.81. The van der Waals surface area contributed by atoms with Crippen molar-refractivity contribution in [1.29, 1.82) is 0 Å². The van der Waals surface area contributed by atoms with E-state index in [-0.39, 0.29) is 0 Å². The zero-order valence-corrected chi connectivity index (χ0v) is 8.63. The fourth-order valence-electron chi connectivity index (χ4n) is 1.48. The monoisotopic (exact) mass is 173 g/mol. The first-order valence-electron chi connectivity index (χ1n) is 4.44. The highest BCUT2D eigenvalue weighted by molar-refractivity contribution is 8.00. The highest BCUT2D eigenvalue weighted by Gasteiger charge is 2.24. The van der Waals surface area contributed by atoms with Gasteiger partial charge in [-0.25, -0.2) is 0 Å². The molecule has 0 bridgehead atoms. The lowest BCUT2D eigenvalue weighted by molar-refractivity contribution is 0.385. The summed E-state index contributed by atoms with van der Waals surface area (Å²) in [6.45, 7) is 4.57. The van der Waals surface area contributed by atoms with Gasteiger partial charge in [0.05, 0.1) is 0 Å². The molecule has 1 aliphatic heterocycles. The molecular formula is C9H19NS. The third kappa shape index (κ3) is 3.04. The minimum absolute atomic E-state index is 0.335. The molecule has 0 aromatic rings. The molecule has 1 nitrogen and oxygen atoms in total. The van der Waals surface area contributed by atoms with Crippen LogP contribution in [0.3, 0.4) is 0 Å². The van der Waals surface area contributed by atoms with Gasteiger partial charge >= 0.3 is 0 Å². The number of thioether (sulfide) groups is 1. The Morgan fingerprint density at radius 1 is 1.55 bits per heavy atom. The molecule has 2 heteroatoms. The maximum absolute atomic E-state index is 3.35. The lowest BCUT2D eigenvalue weighted by Gasteiger charge is -2.26. The molecule has 66 valence electrons. The van der Waals surface area contributed by atoms with Crippen LogP contribution in [0.1, 0.15) is 33.1 Å². The van der Waals surface area contributed by atoms with E-state index in [0.717, 1.165) is 5.25 Å². The van der Waals surface area contributed by atoms with Crippen LogP contribution in [0.25, 0.3) is 0 Å². The van der Waals surface area contributed by atoms with Crippen molar-refractivity contribution < 1.29 is 0 Å². The zero-order valence-electron chi connectivity index (χ0n) is 7.81. The Morgan fingerprint density at radius 2 is 2.27 bits per heavy atom. The molecule has 0 spiro atoms. The smallest absolute Gasteiger partial charge is 0.0132 e. The lowest BCUT2D eigenvalue weighted by atomic mass is 9.97. The topological polar surface area (TPSA) is 12.0 Å². The molecule has 1 saturated heterocycles. The van der Waals surface area contributed by atoms with Gasteiger partial charge in [-0.2, -0.15) is 11.8 Å². The van der Waals surface area contributed by atoms with Crippen molar-refractivity contribution in [2.45, 2.75) is 43.9 Å². The van der Waals surface area contributed by atoms with Gasteiger partial charge in [-0.1, -0.05) is 0 Å². The summed E-state index contributed by atoms with van der Waals surface area (Å²) in [4.78, 5) is 0. The van der Waals surface area contributed by atoms with Crippen LogP contribution in [0, 0.1) is 0 Å². The summed E-state index contributed by atoms with van der Waals surface area (Å²) in [7, 11) is 2.06. The van der Waals surface area contributed by atoms with E-state index in [9.17, 15) is 0 Å². The van der Waals surface area contributed by atoms with E-state index in [1.807, 2.05) is 0 Å². The van der Waals surface area contributed by atoms with Crippen LogP contribution in [-0.4, -0.2) is 23.6 Å². The fraction of sp³-hybridized carbons (Fsp3) is 1.00. The van der Waals surface area contributed by atoms with Gasteiger partial charge in [-0.15, -0.1) is 0 Å². The SMILES string of the molecule is CNC(C)(C)CC1CCCS1. The van der Waals surface area contributed by atoms with Gasteiger partial charge in [-0.05, 0) is 45.9 Å². The van der Waals surface area contributed by atoms with Crippen LogP contribution in [0.2, 0.25) is 0 Å². The van der Waals surface area contributed by atoms with Crippen molar-refractivity contribution >= 4 is 11.8 Å². The molecule has 1 aliphatic rings. The van der Waals surface area contributed by atoms with E-state index >= 15 is 0 Å². The molecule has 11 heavy (non-hydrogen) atoms. The maximum atomic E-state index is 3.35. The minimum Gasteiger partial charge on any atom is -0.315 e.